The summed E-state index contributed by atoms with van der Waals surface area (Å²) in [5, 5.41) is 3.16. The highest BCUT2D eigenvalue weighted by Crippen LogP contribution is 2.11. The lowest BCUT2D eigenvalue weighted by Gasteiger charge is -2.33. The van der Waals surface area contributed by atoms with Gasteiger partial charge in [-0.2, -0.15) is 0 Å². The molecule has 7 heteroatoms. The van der Waals surface area contributed by atoms with Gasteiger partial charge in [0, 0.05) is 26.2 Å². The molecule has 3 rings (SSSR count). The molecule has 7 nitrogen and oxygen atoms in total. The molecule has 2 heterocycles. The van der Waals surface area contributed by atoms with Gasteiger partial charge >= 0.3 is 0 Å². The van der Waals surface area contributed by atoms with E-state index in [0.29, 0.717) is 19.0 Å². The fourth-order valence-electron chi connectivity index (χ4n) is 2.68. The SMILES string of the molecule is NC(=O)c1cncc(NCC2CN(Cc3ccccc3)CCO2)n1. The van der Waals surface area contributed by atoms with Crippen LogP contribution in [0.2, 0.25) is 0 Å². The van der Waals surface area contributed by atoms with Crippen molar-refractivity contribution in [2.75, 3.05) is 31.6 Å². The molecule has 1 atom stereocenters. The van der Waals surface area contributed by atoms with Crippen LogP contribution < -0.4 is 11.1 Å². The van der Waals surface area contributed by atoms with E-state index in [1.807, 2.05) is 6.07 Å². The first kappa shape index (κ1) is 16.4. The third-order valence-electron chi connectivity index (χ3n) is 3.87. The highest BCUT2D eigenvalue weighted by Gasteiger charge is 2.20. The van der Waals surface area contributed by atoms with Crippen LogP contribution >= 0.6 is 0 Å². The zero-order valence-electron chi connectivity index (χ0n) is 13.4. The van der Waals surface area contributed by atoms with Gasteiger partial charge in [-0.3, -0.25) is 14.7 Å². The summed E-state index contributed by atoms with van der Waals surface area (Å²) < 4.78 is 5.80. The van der Waals surface area contributed by atoms with Gasteiger partial charge in [0.15, 0.2) is 0 Å². The monoisotopic (exact) mass is 327 g/mol. The molecular weight excluding hydrogens is 306 g/mol. The highest BCUT2D eigenvalue weighted by molar-refractivity contribution is 5.90. The van der Waals surface area contributed by atoms with Gasteiger partial charge in [-0.15, -0.1) is 0 Å². The van der Waals surface area contributed by atoms with E-state index in [-0.39, 0.29) is 11.8 Å². The third kappa shape index (κ3) is 4.50. The van der Waals surface area contributed by atoms with E-state index in [9.17, 15) is 4.79 Å². The van der Waals surface area contributed by atoms with E-state index in [4.69, 9.17) is 10.5 Å². The Morgan fingerprint density at radius 1 is 1.33 bits per heavy atom. The predicted octanol–water partition coefficient (Wildman–Crippen LogP) is 0.888. The van der Waals surface area contributed by atoms with Crippen molar-refractivity contribution in [3.05, 3.63) is 54.0 Å². The molecule has 0 radical (unpaired) electrons. The first-order valence-corrected chi connectivity index (χ1v) is 7.94. The van der Waals surface area contributed by atoms with Gasteiger partial charge in [-0.25, -0.2) is 4.98 Å². The van der Waals surface area contributed by atoms with Gasteiger partial charge in [-0.1, -0.05) is 30.3 Å². The summed E-state index contributed by atoms with van der Waals surface area (Å²) in [5.41, 5.74) is 6.66. The molecule has 1 amide bonds. The molecule has 1 unspecified atom stereocenters. The Morgan fingerprint density at radius 2 is 2.17 bits per heavy atom. The quantitative estimate of drug-likeness (QED) is 0.818. The van der Waals surface area contributed by atoms with Crippen LogP contribution in [0.25, 0.3) is 0 Å². The van der Waals surface area contributed by atoms with Crippen molar-refractivity contribution < 1.29 is 9.53 Å². The van der Waals surface area contributed by atoms with Gasteiger partial charge in [0.05, 0.1) is 25.1 Å². The van der Waals surface area contributed by atoms with Crippen molar-refractivity contribution in [1.82, 2.24) is 14.9 Å². The van der Waals surface area contributed by atoms with Gasteiger partial charge < -0.3 is 15.8 Å². The molecule has 126 valence electrons. The van der Waals surface area contributed by atoms with E-state index >= 15 is 0 Å². The number of aromatic nitrogens is 2. The Hall–Kier alpha value is -2.51. The summed E-state index contributed by atoms with van der Waals surface area (Å²) in [4.78, 5) is 21.6. The van der Waals surface area contributed by atoms with E-state index in [1.54, 1.807) is 6.20 Å². The van der Waals surface area contributed by atoms with Crippen molar-refractivity contribution >= 4 is 11.7 Å². The Labute approximate surface area is 140 Å². The van der Waals surface area contributed by atoms with Crippen LogP contribution in [-0.4, -0.2) is 53.1 Å². The van der Waals surface area contributed by atoms with Crippen molar-refractivity contribution in [2.45, 2.75) is 12.6 Å². The van der Waals surface area contributed by atoms with Crippen LogP contribution in [0.1, 0.15) is 16.1 Å². The molecule has 2 aromatic rings. The third-order valence-corrected chi connectivity index (χ3v) is 3.87. The van der Waals surface area contributed by atoms with E-state index in [2.05, 4.69) is 44.5 Å². The number of carbonyl (C=O) groups is 1. The van der Waals surface area contributed by atoms with Gasteiger partial charge in [0.1, 0.15) is 11.5 Å². The van der Waals surface area contributed by atoms with Crippen LogP contribution in [0, 0.1) is 0 Å². The van der Waals surface area contributed by atoms with Crippen molar-refractivity contribution in [3.63, 3.8) is 0 Å². The Balaban J connectivity index is 1.52. The molecule has 1 aliphatic rings. The van der Waals surface area contributed by atoms with Crippen LogP contribution in [-0.2, 0) is 11.3 Å². The molecule has 0 saturated carbocycles. The van der Waals surface area contributed by atoms with Gasteiger partial charge in [-0.05, 0) is 5.56 Å². The Kier molecular flexibility index (Phi) is 5.35. The summed E-state index contributed by atoms with van der Waals surface area (Å²) in [7, 11) is 0. The average Bonchev–Trinajstić information content (AvgIpc) is 2.61. The minimum Gasteiger partial charge on any atom is -0.374 e. The minimum atomic E-state index is -0.589. The van der Waals surface area contributed by atoms with Crippen molar-refractivity contribution in [3.8, 4) is 0 Å². The standard InChI is InChI=1S/C17H21N5O2/c18-17(23)15-9-19-10-16(21-15)20-8-14-12-22(6-7-24-14)11-13-4-2-1-3-5-13/h1-5,9-10,14H,6-8,11-12H2,(H2,18,23)(H,20,21). The summed E-state index contributed by atoms with van der Waals surface area (Å²) in [6, 6.07) is 10.4. The number of rotatable bonds is 6. The summed E-state index contributed by atoms with van der Waals surface area (Å²) in [6.07, 6.45) is 2.98. The number of amides is 1. The number of carbonyl (C=O) groups excluding carboxylic acids is 1. The normalized spacial score (nSPS) is 18.2. The van der Waals surface area contributed by atoms with Crippen LogP contribution in [0.4, 0.5) is 5.82 Å². The van der Waals surface area contributed by atoms with Crippen LogP contribution in [0.3, 0.4) is 0 Å². The number of morpholine rings is 1. The first-order chi connectivity index (χ1) is 11.7. The number of ether oxygens (including phenoxy) is 1. The second-order valence-electron chi connectivity index (χ2n) is 5.75. The molecule has 1 aromatic carbocycles. The maximum absolute atomic E-state index is 11.1. The second-order valence-corrected chi connectivity index (χ2v) is 5.75. The fraction of sp³-hybridized carbons (Fsp3) is 0.353. The lowest BCUT2D eigenvalue weighted by Crippen LogP contribution is -2.44. The molecule has 1 aliphatic heterocycles. The number of nitrogens with zero attached hydrogens (tertiary/aromatic N) is 3. The number of hydrogen-bond donors (Lipinski definition) is 2. The van der Waals surface area contributed by atoms with Crippen molar-refractivity contribution in [1.29, 1.82) is 0 Å². The largest absolute Gasteiger partial charge is 0.374 e. The zero-order valence-corrected chi connectivity index (χ0v) is 13.4. The van der Waals surface area contributed by atoms with Gasteiger partial charge in [0.2, 0.25) is 0 Å². The van der Waals surface area contributed by atoms with Crippen molar-refractivity contribution in [2.24, 2.45) is 5.73 Å². The number of nitrogens with one attached hydrogen (secondary N) is 1. The summed E-state index contributed by atoms with van der Waals surface area (Å²) in [5.74, 6) is -0.0656. The molecule has 3 N–H and O–H groups in total. The first-order valence-electron chi connectivity index (χ1n) is 7.94. The lowest BCUT2D eigenvalue weighted by atomic mass is 10.2. The molecule has 1 saturated heterocycles. The number of nitrogens with two attached hydrogens (primary N) is 1. The second kappa shape index (κ2) is 7.85. The minimum absolute atomic E-state index is 0.0569. The van der Waals surface area contributed by atoms with E-state index in [1.165, 1.54) is 11.8 Å². The average molecular weight is 327 g/mol. The summed E-state index contributed by atoms with van der Waals surface area (Å²) >= 11 is 0. The van der Waals surface area contributed by atoms with E-state index in [0.717, 1.165) is 19.6 Å². The molecule has 24 heavy (non-hydrogen) atoms. The molecular formula is C17H21N5O2. The molecule has 1 fully saturated rings. The Bertz CT molecular complexity index is 680. The maximum Gasteiger partial charge on any atom is 0.268 e. The Morgan fingerprint density at radius 3 is 2.96 bits per heavy atom. The topological polar surface area (TPSA) is 93.4 Å². The lowest BCUT2D eigenvalue weighted by molar-refractivity contribution is -0.0240. The maximum atomic E-state index is 11.1. The molecule has 0 bridgehead atoms. The van der Waals surface area contributed by atoms with Gasteiger partial charge in [0.25, 0.3) is 5.91 Å². The number of anilines is 1. The number of primary amides is 1. The molecule has 1 aromatic heterocycles. The van der Waals surface area contributed by atoms with Crippen LogP contribution in [0.5, 0.6) is 0 Å². The predicted molar refractivity (Wildman–Crippen MR) is 90.5 cm³/mol. The van der Waals surface area contributed by atoms with Crippen LogP contribution in [0.15, 0.2) is 42.7 Å². The number of hydrogen-bond acceptors (Lipinski definition) is 6. The molecule has 0 spiro atoms. The molecule has 0 aliphatic carbocycles. The zero-order chi connectivity index (χ0) is 16.8. The number of benzene rings is 1. The summed E-state index contributed by atoms with van der Waals surface area (Å²) in [6.45, 7) is 3.97. The smallest absolute Gasteiger partial charge is 0.268 e. The fourth-order valence-corrected chi connectivity index (χ4v) is 2.68. The highest BCUT2D eigenvalue weighted by atomic mass is 16.5. The van der Waals surface area contributed by atoms with E-state index < -0.39 is 5.91 Å².